The lowest BCUT2D eigenvalue weighted by atomic mass is 10.1. The minimum atomic E-state index is -0.498. The molecule has 0 amide bonds. The first-order valence-corrected chi connectivity index (χ1v) is 4.75. The van der Waals surface area contributed by atoms with Gasteiger partial charge < -0.3 is 10.1 Å². The molecule has 0 unspecified atom stereocenters. The molecule has 16 heavy (non-hydrogen) atoms. The second-order valence-corrected chi connectivity index (χ2v) is 3.05. The number of ether oxygens (including phenoxy) is 1. The Hall–Kier alpha value is -2.11. The van der Waals surface area contributed by atoms with Crippen molar-refractivity contribution >= 4 is 17.3 Å². The minimum absolute atomic E-state index is 0.0570. The molecule has 0 bridgehead atoms. The molecule has 0 saturated carbocycles. The molecule has 2 N–H and O–H groups in total. The van der Waals surface area contributed by atoms with Crippen LogP contribution in [0.4, 0.5) is 11.4 Å². The zero-order valence-corrected chi connectivity index (χ0v) is 9.11. The van der Waals surface area contributed by atoms with Crippen LogP contribution in [-0.2, 0) is 4.74 Å². The van der Waals surface area contributed by atoms with Crippen LogP contribution in [0.1, 0.15) is 12.5 Å². The SMILES string of the molecule is CCNc1ccc([N+](=O)[O-])cc1C(=N)OC. The first-order chi connectivity index (χ1) is 7.60. The van der Waals surface area contributed by atoms with Gasteiger partial charge in [0.1, 0.15) is 0 Å². The summed E-state index contributed by atoms with van der Waals surface area (Å²) < 4.78 is 4.78. The van der Waals surface area contributed by atoms with Crippen molar-refractivity contribution < 1.29 is 9.66 Å². The van der Waals surface area contributed by atoms with Crippen LogP contribution in [0.3, 0.4) is 0 Å². The van der Waals surface area contributed by atoms with E-state index in [9.17, 15) is 10.1 Å². The minimum Gasteiger partial charge on any atom is -0.481 e. The number of benzene rings is 1. The smallest absolute Gasteiger partial charge is 0.270 e. The maximum Gasteiger partial charge on any atom is 0.270 e. The van der Waals surface area contributed by atoms with E-state index in [2.05, 4.69) is 5.32 Å². The predicted octanol–water partition coefficient (Wildman–Crippen LogP) is 2.00. The standard InChI is InChI=1S/C10H13N3O3/c1-3-12-9-5-4-7(13(14)15)6-8(9)10(11)16-2/h4-6,11-12H,3H2,1-2H3. The lowest BCUT2D eigenvalue weighted by Crippen LogP contribution is -2.08. The highest BCUT2D eigenvalue weighted by molar-refractivity contribution is 5.98. The number of hydrogen-bond acceptors (Lipinski definition) is 5. The molecule has 0 heterocycles. The summed E-state index contributed by atoms with van der Waals surface area (Å²) in [4.78, 5) is 10.1. The van der Waals surface area contributed by atoms with Gasteiger partial charge in [-0.3, -0.25) is 15.5 Å². The van der Waals surface area contributed by atoms with E-state index < -0.39 is 4.92 Å². The van der Waals surface area contributed by atoms with Gasteiger partial charge in [0.05, 0.1) is 17.6 Å². The summed E-state index contributed by atoms with van der Waals surface area (Å²) in [5.41, 5.74) is 0.983. The number of methoxy groups -OCH3 is 1. The van der Waals surface area contributed by atoms with Gasteiger partial charge in [0, 0.05) is 24.4 Å². The maximum absolute atomic E-state index is 10.6. The maximum atomic E-state index is 10.6. The number of rotatable bonds is 4. The monoisotopic (exact) mass is 223 g/mol. The van der Waals surface area contributed by atoms with E-state index in [4.69, 9.17) is 10.1 Å². The third-order valence-corrected chi connectivity index (χ3v) is 2.03. The summed E-state index contributed by atoms with van der Waals surface area (Å²) in [6.07, 6.45) is 0. The highest BCUT2D eigenvalue weighted by Crippen LogP contribution is 2.22. The van der Waals surface area contributed by atoms with Crippen molar-refractivity contribution in [3.05, 3.63) is 33.9 Å². The van der Waals surface area contributed by atoms with E-state index in [1.165, 1.54) is 19.2 Å². The van der Waals surface area contributed by atoms with Crippen LogP contribution in [0, 0.1) is 15.5 Å². The van der Waals surface area contributed by atoms with Crippen molar-refractivity contribution in [1.82, 2.24) is 0 Å². The largest absolute Gasteiger partial charge is 0.481 e. The van der Waals surface area contributed by atoms with Crippen molar-refractivity contribution in [2.45, 2.75) is 6.92 Å². The average Bonchev–Trinajstić information content (AvgIpc) is 2.28. The number of hydrogen-bond donors (Lipinski definition) is 2. The number of nitrogens with zero attached hydrogens (tertiary/aromatic N) is 1. The van der Waals surface area contributed by atoms with E-state index in [0.717, 1.165) is 0 Å². The molecule has 6 heteroatoms. The Morgan fingerprint density at radius 3 is 2.81 bits per heavy atom. The Morgan fingerprint density at radius 2 is 2.31 bits per heavy atom. The van der Waals surface area contributed by atoms with Crippen molar-refractivity contribution in [2.75, 3.05) is 19.0 Å². The Bertz CT molecular complexity index is 418. The van der Waals surface area contributed by atoms with Gasteiger partial charge in [-0.15, -0.1) is 0 Å². The van der Waals surface area contributed by atoms with Gasteiger partial charge in [0.15, 0.2) is 0 Å². The normalized spacial score (nSPS) is 9.62. The molecule has 6 nitrogen and oxygen atoms in total. The van der Waals surface area contributed by atoms with Crippen LogP contribution in [0.2, 0.25) is 0 Å². The number of non-ortho nitro benzene ring substituents is 1. The number of nitro groups is 1. The zero-order valence-electron chi connectivity index (χ0n) is 9.11. The van der Waals surface area contributed by atoms with Crippen molar-refractivity contribution in [1.29, 1.82) is 5.41 Å². The molecule has 1 aromatic rings. The molecule has 0 aliphatic carbocycles. The molecular weight excluding hydrogens is 210 g/mol. The number of nitro benzene ring substituents is 1. The van der Waals surface area contributed by atoms with E-state index in [1.54, 1.807) is 6.07 Å². The lowest BCUT2D eigenvalue weighted by molar-refractivity contribution is -0.384. The fourth-order valence-electron chi connectivity index (χ4n) is 1.29. The molecule has 0 atom stereocenters. The average molecular weight is 223 g/mol. The quantitative estimate of drug-likeness (QED) is 0.353. The fraction of sp³-hybridized carbons (Fsp3) is 0.300. The first-order valence-electron chi connectivity index (χ1n) is 4.75. The molecule has 0 fully saturated rings. The molecule has 0 aliphatic heterocycles. The third kappa shape index (κ3) is 2.47. The summed E-state index contributed by atoms with van der Waals surface area (Å²) in [5.74, 6) is -0.0975. The van der Waals surface area contributed by atoms with Crippen LogP contribution in [0.5, 0.6) is 0 Å². The Morgan fingerprint density at radius 1 is 1.62 bits per heavy atom. The molecule has 0 aromatic heterocycles. The molecule has 0 aliphatic rings. The predicted molar refractivity (Wildman–Crippen MR) is 61.1 cm³/mol. The van der Waals surface area contributed by atoms with Crippen LogP contribution in [0.15, 0.2) is 18.2 Å². The van der Waals surface area contributed by atoms with Crippen LogP contribution >= 0.6 is 0 Å². The summed E-state index contributed by atoms with van der Waals surface area (Å²) in [6, 6.07) is 4.29. The van der Waals surface area contributed by atoms with E-state index in [0.29, 0.717) is 17.8 Å². The molecule has 0 saturated heterocycles. The summed E-state index contributed by atoms with van der Waals surface area (Å²) in [6.45, 7) is 2.57. The topological polar surface area (TPSA) is 88.3 Å². The van der Waals surface area contributed by atoms with Crippen LogP contribution < -0.4 is 5.32 Å². The van der Waals surface area contributed by atoms with Crippen LogP contribution in [0.25, 0.3) is 0 Å². The second-order valence-electron chi connectivity index (χ2n) is 3.05. The summed E-state index contributed by atoms with van der Waals surface area (Å²) in [7, 11) is 1.36. The Balaban J connectivity index is 3.20. The summed E-state index contributed by atoms with van der Waals surface area (Å²) in [5, 5.41) is 21.2. The third-order valence-electron chi connectivity index (χ3n) is 2.03. The van der Waals surface area contributed by atoms with Gasteiger partial charge >= 0.3 is 0 Å². The zero-order chi connectivity index (χ0) is 12.1. The van der Waals surface area contributed by atoms with Gasteiger partial charge in [0.2, 0.25) is 5.90 Å². The van der Waals surface area contributed by atoms with E-state index >= 15 is 0 Å². The molecule has 1 aromatic carbocycles. The van der Waals surface area contributed by atoms with Crippen molar-refractivity contribution in [3.63, 3.8) is 0 Å². The van der Waals surface area contributed by atoms with Gasteiger partial charge in [-0.05, 0) is 13.0 Å². The van der Waals surface area contributed by atoms with Crippen molar-refractivity contribution in [3.8, 4) is 0 Å². The summed E-state index contributed by atoms with van der Waals surface area (Å²) >= 11 is 0. The van der Waals surface area contributed by atoms with Gasteiger partial charge in [-0.25, -0.2) is 0 Å². The molecule has 0 radical (unpaired) electrons. The number of nitrogens with one attached hydrogen (secondary N) is 2. The van der Waals surface area contributed by atoms with Gasteiger partial charge in [0.25, 0.3) is 5.69 Å². The molecule has 86 valence electrons. The second kappa shape index (κ2) is 5.11. The fourth-order valence-corrected chi connectivity index (χ4v) is 1.29. The van der Waals surface area contributed by atoms with Gasteiger partial charge in [-0.2, -0.15) is 0 Å². The van der Waals surface area contributed by atoms with Gasteiger partial charge in [-0.1, -0.05) is 0 Å². The van der Waals surface area contributed by atoms with E-state index in [-0.39, 0.29) is 11.6 Å². The highest BCUT2D eigenvalue weighted by atomic mass is 16.6. The molecule has 0 spiro atoms. The first kappa shape index (κ1) is 12.0. The van der Waals surface area contributed by atoms with Crippen LogP contribution in [-0.4, -0.2) is 24.5 Å². The highest BCUT2D eigenvalue weighted by Gasteiger charge is 2.14. The Kier molecular flexibility index (Phi) is 3.82. The molecular formula is C10H13N3O3. The Labute approximate surface area is 92.9 Å². The molecule has 1 rings (SSSR count). The van der Waals surface area contributed by atoms with Crippen molar-refractivity contribution in [2.24, 2.45) is 0 Å². The van der Waals surface area contributed by atoms with E-state index in [1.807, 2.05) is 6.92 Å². The lowest BCUT2D eigenvalue weighted by Gasteiger charge is -2.10. The number of anilines is 1.